The summed E-state index contributed by atoms with van der Waals surface area (Å²) < 4.78 is 0. The molecule has 0 bridgehead atoms. The first kappa shape index (κ1) is 20.2. The summed E-state index contributed by atoms with van der Waals surface area (Å²) in [5.74, 6) is 0.696. The van der Waals surface area contributed by atoms with Crippen molar-refractivity contribution < 1.29 is 0 Å². The first-order chi connectivity index (χ1) is 15.1. The number of benzene rings is 1. The van der Waals surface area contributed by atoms with Crippen LogP contribution in [0.5, 0.6) is 0 Å². The second-order valence-corrected chi connectivity index (χ2v) is 9.46. The Morgan fingerprint density at radius 1 is 1.00 bits per heavy atom. The van der Waals surface area contributed by atoms with E-state index in [4.69, 9.17) is 21.4 Å². The summed E-state index contributed by atoms with van der Waals surface area (Å²) in [4.78, 5) is 16.5. The maximum atomic E-state index is 6.82. The minimum absolute atomic E-state index is 0.233. The van der Waals surface area contributed by atoms with Crippen molar-refractivity contribution in [2.24, 2.45) is 11.5 Å². The van der Waals surface area contributed by atoms with Gasteiger partial charge in [-0.15, -0.1) is 11.3 Å². The third-order valence-electron chi connectivity index (χ3n) is 6.28. The molecular weight excluding hydrogens is 402 g/mol. The molecule has 0 saturated carbocycles. The maximum Gasteiger partial charge on any atom is 0.161 e. The van der Waals surface area contributed by atoms with Gasteiger partial charge in [-0.3, -0.25) is 4.98 Å². The summed E-state index contributed by atoms with van der Waals surface area (Å²) in [6.45, 7) is 2.12. The van der Waals surface area contributed by atoms with Gasteiger partial charge in [0.25, 0.3) is 0 Å². The zero-order chi connectivity index (χ0) is 21.4. The molecule has 0 spiro atoms. The lowest BCUT2D eigenvalue weighted by atomic mass is 9.91. The molecule has 31 heavy (non-hydrogen) atoms. The lowest BCUT2D eigenvalue weighted by Gasteiger charge is -2.22. The number of thiophene rings is 1. The zero-order valence-electron chi connectivity index (χ0n) is 17.7. The maximum absolute atomic E-state index is 6.82. The Kier molecular flexibility index (Phi) is 5.52. The molecule has 1 aromatic carbocycles. The SMILES string of the molecule is Cc1ccccc1CC(N)C(N)c1nc(-c2ccncc2)nc2sc3c(c12)CCCC3. The van der Waals surface area contributed by atoms with Crippen LogP contribution in [0.1, 0.15) is 46.1 Å². The van der Waals surface area contributed by atoms with Crippen LogP contribution in [0.4, 0.5) is 0 Å². The van der Waals surface area contributed by atoms with Gasteiger partial charge in [-0.2, -0.15) is 0 Å². The van der Waals surface area contributed by atoms with E-state index in [-0.39, 0.29) is 12.1 Å². The average molecular weight is 430 g/mol. The minimum Gasteiger partial charge on any atom is -0.326 e. The molecule has 0 aliphatic heterocycles. The summed E-state index contributed by atoms with van der Waals surface area (Å²) in [7, 11) is 0. The summed E-state index contributed by atoms with van der Waals surface area (Å²) in [5, 5.41) is 1.14. The highest BCUT2D eigenvalue weighted by Crippen LogP contribution is 2.39. The lowest BCUT2D eigenvalue weighted by Crippen LogP contribution is -2.37. The third-order valence-corrected chi connectivity index (χ3v) is 7.46. The number of hydrogen-bond donors (Lipinski definition) is 2. The quantitative estimate of drug-likeness (QED) is 0.487. The molecule has 3 heterocycles. The van der Waals surface area contributed by atoms with Crippen LogP contribution in [0.15, 0.2) is 48.8 Å². The molecule has 0 radical (unpaired) electrons. The van der Waals surface area contributed by atoms with Gasteiger partial charge in [-0.25, -0.2) is 9.97 Å². The van der Waals surface area contributed by atoms with Gasteiger partial charge >= 0.3 is 0 Å². The average Bonchev–Trinajstić information content (AvgIpc) is 3.18. The van der Waals surface area contributed by atoms with Gasteiger partial charge in [0.1, 0.15) is 4.83 Å². The number of rotatable bonds is 5. The van der Waals surface area contributed by atoms with Crippen molar-refractivity contribution in [2.45, 2.75) is 51.1 Å². The van der Waals surface area contributed by atoms with Crippen molar-refractivity contribution in [1.29, 1.82) is 0 Å². The van der Waals surface area contributed by atoms with E-state index >= 15 is 0 Å². The third kappa shape index (κ3) is 3.87. The summed E-state index contributed by atoms with van der Waals surface area (Å²) >= 11 is 1.80. The molecule has 4 N–H and O–H groups in total. The first-order valence-corrected chi connectivity index (χ1v) is 11.7. The number of pyridine rings is 1. The van der Waals surface area contributed by atoms with E-state index in [9.17, 15) is 0 Å². The standard InChI is InChI=1S/C25H27N5S/c1-15-6-2-3-7-17(15)14-19(26)22(27)23-21-18-8-4-5-9-20(18)31-25(21)30-24(29-23)16-10-12-28-13-11-16/h2-3,6-7,10-13,19,22H,4-5,8-9,14,26-27H2,1H3. The van der Waals surface area contributed by atoms with E-state index in [1.54, 1.807) is 23.7 Å². The predicted octanol–water partition coefficient (Wildman–Crippen LogP) is 4.51. The molecule has 1 aliphatic carbocycles. The van der Waals surface area contributed by atoms with Gasteiger partial charge in [0.05, 0.1) is 11.7 Å². The normalized spacial score (nSPS) is 15.6. The highest BCUT2D eigenvalue weighted by molar-refractivity contribution is 7.18. The van der Waals surface area contributed by atoms with Crippen molar-refractivity contribution in [3.8, 4) is 11.4 Å². The summed E-state index contributed by atoms with van der Waals surface area (Å²) in [5.41, 5.74) is 19.2. The molecule has 0 fully saturated rings. The van der Waals surface area contributed by atoms with Crippen molar-refractivity contribution in [1.82, 2.24) is 15.0 Å². The second-order valence-electron chi connectivity index (χ2n) is 8.38. The minimum atomic E-state index is -0.369. The van der Waals surface area contributed by atoms with Crippen LogP contribution in [0.25, 0.3) is 21.6 Å². The van der Waals surface area contributed by atoms with Crippen LogP contribution in [0.2, 0.25) is 0 Å². The van der Waals surface area contributed by atoms with Gasteiger partial charge in [0.15, 0.2) is 5.82 Å². The fourth-order valence-corrected chi connectivity index (χ4v) is 5.75. The Bertz CT molecular complexity index is 1220. The molecule has 1 aliphatic rings. The van der Waals surface area contributed by atoms with Crippen LogP contribution in [-0.2, 0) is 19.3 Å². The molecule has 3 aromatic heterocycles. The Morgan fingerprint density at radius 3 is 2.58 bits per heavy atom. The van der Waals surface area contributed by atoms with Crippen molar-refractivity contribution in [3.63, 3.8) is 0 Å². The van der Waals surface area contributed by atoms with E-state index < -0.39 is 0 Å². The Hall–Kier alpha value is -2.67. The van der Waals surface area contributed by atoms with Crippen molar-refractivity contribution in [2.75, 3.05) is 0 Å². The van der Waals surface area contributed by atoms with Crippen LogP contribution in [0.3, 0.4) is 0 Å². The molecule has 0 amide bonds. The van der Waals surface area contributed by atoms with E-state index in [1.165, 1.54) is 34.4 Å². The van der Waals surface area contributed by atoms with E-state index in [2.05, 4.69) is 36.2 Å². The number of nitrogens with two attached hydrogens (primary N) is 2. The lowest BCUT2D eigenvalue weighted by molar-refractivity contribution is 0.535. The van der Waals surface area contributed by atoms with Crippen LogP contribution in [0, 0.1) is 6.92 Å². The molecule has 6 heteroatoms. The fourth-order valence-electron chi connectivity index (χ4n) is 4.48. The molecule has 5 rings (SSSR count). The topological polar surface area (TPSA) is 90.7 Å². The largest absolute Gasteiger partial charge is 0.326 e. The van der Waals surface area contributed by atoms with Gasteiger partial charge in [-0.1, -0.05) is 24.3 Å². The van der Waals surface area contributed by atoms with E-state index in [0.29, 0.717) is 5.82 Å². The van der Waals surface area contributed by atoms with Crippen molar-refractivity contribution in [3.05, 3.63) is 76.1 Å². The first-order valence-electron chi connectivity index (χ1n) is 10.9. The summed E-state index contributed by atoms with van der Waals surface area (Å²) in [6, 6.07) is 11.6. The Morgan fingerprint density at radius 2 is 1.77 bits per heavy atom. The molecule has 0 saturated heterocycles. The molecule has 4 aromatic rings. The molecule has 2 atom stereocenters. The molecule has 2 unspecified atom stereocenters. The molecule has 5 nitrogen and oxygen atoms in total. The Labute approximate surface area is 186 Å². The number of aryl methyl sites for hydroxylation is 3. The van der Waals surface area contributed by atoms with E-state index in [0.717, 1.165) is 40.7 Å². The van der Waals surface area contributed by atoms with Gasteiger partial charge in [-0.05, 0) is 67.9 Å². The monoisotopic (exact) mass is 429 g/mol. The van der Waals surface area contributed by atoms with Crippen molar-refractivity contribution >= 4 is 21.6 Å². The number of nitrogens with zero attached hydrogens (tertiary/aromatic N) is 3. The highest BCUT2D eigenvalue weighted by atomic mass is 32.1. The molecule has 158 valence electrons. The van der Waals surface area contributed by atoms with Gasteiger partial charge in [0.2, 0.25) is 0 Å². The van der Waals surface area contributed by atoms with E-state index in [1.807, 2.05) is 12.1 Å². The molecular formula is C25H27N5S. The Balaban J connectivity index is 1.61. The number of hydrogen-bond acceptors (Lipinski definition) is 6. The van der Waals surface area contributed by atoms with Gasteiger partial charge < -0.3 is 11.5 Å². The predicted molar refractivity (Wildman–Crippen MR) is 127 cm³/mol. The number of fused-ring (bicyclic) bond motifs is 3. The second kappa shape index (κ2) is 8.46. The number of aromatic nitrogens is 3. The van der Waals surface area contributed by atoms with Crippen LogP contribution >= 0.6 is 11.3 Å². The fraction of sp³-hybridized carbons (Fsp3) is 0.320. The zero-order valence-corrected chi connectivity index (χ0v) is 18.5. The summed E-state index contributed by atoms with van der Waals surface area (Å²) in [6.07, 6.45) is 8.88. The van der Waals surface area contributed by atoms with Crippen LogP contribution in [-0.4, -0.2) is 21.0 Å². The van der Waals surface area contributed by atoms with Crippen LogP contribution < -0.4 is 11.5 Å². The van der Waals surface area contributed by atoms with Gasteiger partial charge in [0, 0.05) is 34.3 Å². The highest BCUT2D eigenvalue weighted by Gasteiger charge is 2.27. The smallest absolute Gasteiger partial charge is 0.161 e.